The number of hydrogen-bond donors (Lipinski definition) is 1. The molecule has 1 N–H and O–H groups in total. The highest BCUT2D eigenvalue weighted by atomic mass is 16.3. The van der Waals surface area contributed by atoms with Gasteiger partial charge in [-0.2, -0.15) is 0 Å². The minimum absolute atomic E-state index is 0.0762. The smallest absolute Gasteiger partial charge is 0.254 e. The summed E-state index contributed by atoms with van der Waals surface area (Å²) in [4.78, 5) is 32.3. The summed E-state index contributed by atoms with van der Waals surface area (Å²) in [7, 11) is 0. The van der Waals surface area contributed by atoms with Crippen LogP contribution >= 0.6 is 0 Å². The van der Waals surface area contributed by atoms with Crippen molar-refractivity contribution in [3.63, 3.8) is 0 Å². The van der Waals surface area contributed by atoms with Gasteiger partial charge >= 0.3 is 0 Å². The lowest BCUT2D eigenvalue weighted by molar-refractivity contribution is -0.121. The molecule has 0 saturated heterocycles. The minimum Gasteiger partial charge on any atom is -0.463 e. The van der Waals surface area contributed by atoms with Gasteiger partial charge in [0.05, 0.1) is 12.6 Å². The molecule has 0 radical (unpaired) electrons. The molecular weight excluding hydrogens is 310 g/mol. The van der Waals surface area contributed by atoms with Crippen LogP contribution in [0, 0.1) is 6.92 Å². The van der Waals surface area contributed by atoms with Gasteiger partial charge in [0.25, 0.3) is 5.56 Å². The first-order chi connectivity index (χ1) is 11.6. The first kappa shape index (κ1) is 15.7. The Morgan fingerprint density at radius 2 is 2.21 bits per heavy atom. The fraction of sp³-hybridized carbons (Fsp3) is 0.250. The van der Waals surface area contributed by atoms with E-state index in [1.807, 2.05) is 17.7 Å². The van der Waals surface area contributed by atoms with E-state index in [9.17, 15) is 9.59 Å². The van der Waals surface area contributed by atoms with Crippen molar-refractivity contribution < 1.29 is 9.21 Å². The average Bonchev–Trinajstić information content (AvgIpc) is 3.22. The van der Waals surface area contributed by atoms with Crippen LogP contribution in [0.1, 0.15) is 5.82 Å². The number of aromatic nitrogens is 4. The first-order valence-electron chi connectivity index (χ1n) is 7.48. The first-order valence-corrected chi connectivity index (χ1v) is 7.48. The van der Waals surface area contributed by atoms with Crippen LogP contribution in [0.2, 0.25) is 0 Å². The Hall–Kier alpha value is -3.16. The van der Waals surface area contributed by atoms with Gasteiger partial charge in [0, 0.05) is 31.5 Å². The van der Waals surface area contributed by atoms with Gasteiger partial charge in [-0.25, -0.2) is 9.97 Å². The van der Waals surface area contributed by atoms with E-state index in [-0.39, 0.29) is 18.0 Å². The number of imidazole rings is 1. The summed E-state index contributed by atoms with van der Waals surface area (Å²) in [5, 5.41) is 2.77. The summed E-state index contributed by atoms with van der Waals surface area (Å²) in [6.45, 7) is 2.91. The summed E-state index contributed by atoms with van der Waals surface area (Å²) in [5.41, 5.74) is 0.134. The van der Waals surface area contributed by atoms with Gasteiger partial charge in [-0.05, 0) is 19.1 Å². The molecule has 3 heterocycles. The zero-order valence-electron chi connectivity index (χ0n) is 13.2. The number of aryl methyl sites for hydroxylation is 1. The monoisotopic (exact) mass is 327 g/mol. The lowest BCUT2D eigenvalue weighted by Gasteiger charge is -2.08. The third-order valence-corrected chi connectivity index (χ3v) is 3.57. The molecule has 0 aliphatic carbocycles. The van der Waals surface area contributed by atoms with Crippen LogP contribution in [0.5, 0.6) is 0 Å². The van der Waals surface area contributed by atoms with Crippen molar-refractivity contribution >= 4 is 5.91 Å². The number of carbonyl (C=O) groups is 1. The summed E-state index contributed by atoms with van der Waals surface area (Å²) < 4.78 is 8.39. The Bertz CT molecular complexity index is 879. The van der Waals surface area contributed by atoms with Crippen LogP contribution < -0.4 is 10.9 Å². The van der Waals surface area contributed by atoms with Gasteiger partial charge in [-0.1, -0.05) is 0 Å². The van der Waals surface area contributed by atoms with E-state index in [2.05, 4.69) is 15.3 Å². The van der Waals surface area contributed by atoms with Crippen molar-refractivity contribution in [1.82, 2.24) is 24.4 Å². The number of hydrogen-bond acceptors (Lipinski definition) is 5. The van der Waals surface area contributed by atoms with Gasteiger partial charge < -0.3 is 14.3 Å². The van der Waals surface area contributed by atoms with Gasteiger partial charge in [-0.15, -0.1) is 0 Å². The van der Waals surface area contributed by atoms with Crippen molar-refractivity contribution in [1.29, 1.82) is 0 Å². The molecule has 0 aromatic carbocycles. The summed E-state index contributed by atoms with van der Waals surface area (Å²) in [6.07, 6.45) is 6.42. The Labute approximate surface area is 137 Å². The SMILES string of the molecule is Cc1nccn1CCNC(=O)Cn1cnc(-c2ccco2)cc1=O. The summed E-state index contributed by atoms with van der Waals surface area (Å²) >= 11 is 0. The van der Waals surface area contributed by atoms with Crippen molar-refractivity contribution in [2.75, 3.05) is 6.54 Å². The quantitative estimate of drug-likeness (QED) is 0.723. The van der Waals surface area contributed by atoms with Crippen molar-refractivity contribution in [2.45, 2.75) is 20.0 Å². The molecule has 0 unspecified atom stereocenters. The lowest BCUT2D eigenvalue weighted by atomic mass is 10.3. The van der Waals surface area contributed by atoms with Gasteiger partial charge in [0.2, 0.25) is 5.91 Å². The minimum atomic E-state index is -0.308. The number of nitrogens with zero attached hydrogens (tertiary/aromatic N) is 4. The zero-order chi connectivity index (χ0) is 16.9. The van der Waals surface area contributed by atoms with Crippen LogP contribution in [-0.2, 0) is 17.9 Å². The van der Waals surface area contributed by atoms with E-state index in [1.165, 1.54) is 23.2 Å². The number of furan rings is 1. The van der Waals surface area contributed by atoms with Gasteiger partial charge in [-0.3, -0.25) is 14.2 Å². The molecule has 0 spiro atoms. The molecule has 0 bridgehead atoms. The van der Waals surface area contributed by atoms with Gasteiger partial charge in [0.15, 0.2) is 5.76 Å². The predicted octanol–water partition coefficient (Wildman–Crippen LogP) is 0.825. The topological polar surface area (TPSA) is 95.0 Å². The fourth-order valence-corrected chi connectivity index (χ4v) is 2.27. The largest absolute Gasteiger partial charge is 0.463 e. The molecular formula is C16H17N5O3. The molecule has 3 rings (SSSR count). The maximum absolute atomic E-state index is 12.1. The van der Waals surface area contributed by atoms with Crippen LogP contribution in [0.4, 0.5) is 0 Å². The molecule has 8 nitrogen and oxygen atoms in total. The van der Waals surface area contributed by atoms with E-state index < -0.39 is 0 Å². The van der Waals surface area contributed by atoms with Crippen LogP contribution in [0.3, 0.4) is 0 Å². The van der Waals surface area contributed by atoms with Crippen LogP contribution in [-0.4, -0.2) is 31.6 Å². The molecule has 8 heteroatoms. The Balaban J connectivity index is 1.56. The Morgan fingerprint density at radius 3 is 2.88 bits per heavy atom. The maximum Gasteiger partial charge on any atom is 0.254 e. The second-order valence-electron chi connectivity index (χ2n) is 5.24. The fourth-order valence-electron chi connectivity index (χ4n) is 2.27. The van der Waals surface area contributed by atoms with Gasteiger partial charge in [0.1, 0.15) is 18.1 Å². The molecule has 3 aromatic rings. The number of rotatable bonds is 6. The van der Waals surface area contributed by atoms with E-state index in [4.69, 9.17) is 4.42 Å². The summed E-state index contributed by atoms with van der Waals surface area (Å²) in [6, 6.07) is 4.79. The molecule has 0 saturated carbocycles. The average molecular weight is 327 g/mol. The molecule has 0 aliphatic rings. The van der Waals surface area contributed by atoms with Crippen molar-refractivity contribution in [3.05, 3.63) is 59.4 Å². The normalized spacial score (nSPS) is 10.7. The van der Waals surface area contributed by atoms with E-state index in [1.54, 1.807) is 18.3 Å². The molecule has 0 aliphatic heterocycles. The molecule has 1 amide bonds. The predicted molar refractivity (Wildman–Crippen MR) is 86.2 cm³/mol. The van der Waals surface area contributed by atoms with Crippen molar-refractivity contribution in [2.24, 2.45) is 0 Å². The Kier molecular flexibility index (Phi) is 4.55. The standard InChI is InChI=1S/C16H17N5O3/c1-12-17-4-6-20(12)7-5-18-15(22)10-21-11-19-13(9-16(21)23)14-3-2-8-24-14/h2-4,6,8-9,11H,5,7,10H2,1H3,(H,18,22). The van der Waals surface area contributed by atoms with E-state index in [0.717, 1.165) is 5.82 Å². The molecule has 124 valence electrons. The maximum atomic E-state index is 12.1. The summed E-state index contributed by atoms with van der Waals surface area (Å²) in [5.74, 6) is 1.15. The third kappa shape index (κ3) is 3.60. The highest BCUT2D eigenvalue weighted by molar-refractivity contribution is 5.75. The van der Waals surface area contributed by atoms with Crippen LogP contribution in [0.15, 0.2) is 52.4 Å². The number of nitrogens with one attached hydrogen (secondary N) is 1. The molecule has 0 fully saturated rings. The molecule has 3 aromatic heterocycles. The zero-order valence-corrected chi connectivity index (χ0v) is 13.2. The van der Waals surface area contributed by atoms with Crippen molar-refractivity contribution in [3.8, 4) is 11.5 Å². The number of carbonyl (C=O) groups excluding carboxylic acids is 1. The second-order valence-corrected chi connectivity index (χ2v) is 5.24. The Morgan fingerprint density at radius 1 is 1.33 bits per heavy atom. The lowest BCUT2D eigenvalue weighted by Crippen LogP contribution is -2.34. The van der Waals surface area contributed by atoms with Crippen LogP contribution in [0.25, 0.3) is 11.5 Å². The second kappa shape index (κ2) is 6.95. The number of amides is 1. The van der Waals surface area contributed by atoms with E-state index in [0.29, 0.717) is 24.5 Å². The molecule has 0 atom stereocenters. The van der Waals surface area contributed by atoms with E-state index >= 15 is 0 Å². The highest BCUT2D eigenvalue weighted by Gasteiger charge is 2.08. The third-order valence-electron chi connectivity index (χ3n) is 3.57. The molecule has 24 heavy (non-hydrogen) atoms. The highest BCUT2D eigenvalue weighted by Crippen LogP contribution is 2.14.